The van der Waals surface area contributed by atoms with E-state index >= 15 is 0 Å². The average molecular weight is 392 g/mol. The van der Waals surface area contributed by atoms with E-state index in [1.807, 2.05) is 18.2 Å². The minimum atomic E-state index is -1.07. The van der Waals surface area contributed by atoms with Crippen molar-refractivity contribution in [3.63, 3.8) is 0 Å². The number of carbonyl (C=O) groups is 3. The van der Waals surface area contributed by atoms with Crippen LogP contribution in [0.1, 0.15) is 31.2 Å². The molecule has 0 saturated heterocycles. The second-order valence-electron chi connectivity index (χ2n) is 6.88. The summed E-state index contributed by atoms with van der Waals surface area (Å²) in [6.45, 7) is -0.204. The molecule has 154 valence electrons. The summed E-state index contributed by atoms with van der Waals surface area (Å²) in [5, 5.41) is 2.49. The molecule has 0 unspecified atom stereocenters. The van der Waals surface area contributed by atoms with Crippen molar-refractivity contribution in [2.24, 2.45) is 0 Å². The van der Waals surface area contributed by atoms with Crippen LogP contribution in [-0.2, 0) is 25.5 Å². The maximum atomic E-state index is 11.8. The van der Waals surface area contributed by atoms with Gasteiger partial charge in [0.2, 0.25) is 0 Å². The first kappa shape index (κ1) is 21.5. The van der Waals surface area contributed by atoms with Crippen molar-refractivity contribution in [3.8, 4) is 11.5 Å². The van der Waals surface area contributed by atoms with Gasteiger partial charge in [-0.2, -0.15) is 0 Å². The van der Waals surface area contributed by atoms with E-state index in [0.717, 1.165) is 18.4 Å². The standard InChI is InChI=1S/C20H28N2O6/c1-22(2)18(23)13-27-20(25)19(24)21-11-10-14-8-9-16(26-3)17(12-14)28-15-6-4-5-7-15/h8-9,12,15H,4-7,10-11,13H2,1-3H3,(H,21,24). The number of hydrogen-bond acceptors (Lipinski definition) is 6. The first-order chi connectivity index (χ1) is 13.4. The van der Waals surface area contributed by atoms with Gasteiger partial charge < -0.3 is 24.4 Å². The molecule has 0 bridgehead atoms. The van der Waals surface area contributed by atoms with Crippen LogP contribution in [0.15, 0.2) is 18.2 Å². The predicted octanol–water partition coefficient (Wildman–Crippen LogP) is 1.31. The number of methoxy groups -OCH3 is 1. The van der Waals surface area contributed by atoms with Gasteiger partial charge in [-0.25, -0.2) is 4.79 Å². The molecular weight excluding hydrogens is 364 g/mol. The summed E-state index contributed by atoms with van der Waals surface area (Å²) in [7, 11) is 4.68. The molecule has 1 saturated carbocycles. The van der Waals surface area contributed by atoms with Crippen LogP contribution < -0.4 is 14.8 Å². The zero-order chi connectivity index (χ0) is 20.5. The fourth-order valence-corrected chi connectivity index (χ4v) is 2.87. The van der Waals surface area contributed by atoms with Crippen LogP contribution in [0.25, 0.3) is 0 Å². The van der Waals surface area contributed by atoms with E-state index in [-0.39, 0.29) is 12.6 Å². The third-order valence-corrected chi connectivity index (χ3v) is 4.53. The summed E-state index contributed by atoms with van der Waals surface area (Å²) < 4.78 is 16.1. The minimum absolute atomic E-state index is 0.212. The monoisotopic (exact) mass is 392 g/mol. The normalized spacial score (nSPS) is 13.7. The van der Waals surface area contributed by atoms with Crippen molar-refractivity contribution >= 4 is 17.8 Å². The molecule has 0 heterocycles. The molecule has 8 nitrogen and oxygen atoms in total. The highest BCUT2D eigenvalue weighted by molar-refractivity contribution is 6.32. The smallest absolute Gasteiger partial charge is 0.397 e. The van der Waals surface area contributed by atoms with Gasteiger partial charge >= 0.3 is 11.9 Å². The second-order valence-corrected chi connectivity index (χ2v) is 6.88. The Labute approximate surface area is 165 Å². The van der Waals surface area contributed by atoms with Crippen molar-refractivity contribution in [3.05, 3.63) is 23.8 Å². The van der Waals surface area contributed by atoms with Crippen LogP contribution in [0.2, 0.25) is 0 Å². The molecule has 1 aliphatic rings. The Morgan fingerprint density at radius 1 is 1.14 bits per heavy atom. The summed E-state index contributed by atoms with van der Waals surface area (Å²) in [6, 6.07) is 5.63. The zero-order valence-corrected chi connectivity index (χ0v) is 16.7. The molecule has 0 aromatic heterocycles. The number of benzene rings is 1. The molecule has 2 amide bonds. The number of nitrogens with zero attached hydrogens (tertiary/aromatic N) is 1. The summed E-state index contributed by atoms with van der Waals surface area (Å²) in [5.41, 5.74) is 0.949. The molecule has 8 heteroatoms. The highest BCUT2D eigenvalue weighted by atomic mass is 16.5. The van der Waals surface area contributed by atoms with Gasteiger partial charge in [0, 0.05) is 20.6 Å². The molecule has 0 atom stereocenters. The molecule has 0 aliphatic heterocycles. The fourth-order valence-electron chi connectivity index (χ4n) is 2.87. The SMILES string of the molecule is COc1ccc(CCNC(=O)C(=O)OCC(=O)N(C)C)cc1OC1CCCC1. The van der Waals surface area contributed by atoms with Crippen LogP contribution in [0.4, 0.5) is 0 Å². The zero-order valence-electron chi connectivity index (χ0n) is 16.7. The molecule has 0 spiro atoms. The fraction of sp³-hybridized carbons (Fsp3) is 0.550. The van der Waals surface area contributed by atoms with Crippen LogP contribution in [0.5, 0.6) is 11.5 Å². The molecule has 1 N–H and O–H groups in total. The lowest BCUT2D eigenvalue weighted by atomic mass is 10.1. The van der Waals surface area contributed by atoms with E-state index in [2.05, 4.69) is 10.1 Å². The molecule has 2 rings (SSSR count). The quantitative estimate of drug-likeness (QED) is 0.530. The highest BCUT2D eigenvalue weighted by Crippen LogP contribution is 2.32. The summed E-state index contributed by atoms with van der Waals surface area (Å²) in [6.07, 6.45) is 5.16. The van der Waals surface area contributed by atoms with E-state index < -0.39 is 24.4 Å². The molecule has 28 heavy (non-hydrogen) atoms. The number of esters is 1. The van der Waals surface area contributed by atoms with Crippen LogP contribution >= 0.6 is 0 Å². The number of rotatable bonds is 8. The van der Waals surface area contributed by atoms with Crippen molar-refractivity contribution in [1.82, 2.24) is 10.2 Å². The van der Waals surface area contributed by atoms with E-state index in [9.17, 15) is 14.4 Å². The first-order valence-electron chi connectivity index (χ1n) is 9.39. The van der Waals surface area contributed by atoms with E-state index in [1.165, 1.54) is 31.8 Å². The number of hydrogen-bond donors (Lipinski definition) is 1. The molecule has 1 aromatic carbocycles. The highest BCUT2D eigenvalue weighted by Gasteiger charge is 2.19. The lowest BCUT2D eigenvalue weighted by Gasteiger charge is -2.17. The number of amides is 2. The first-order valence-corrected chi connectivity index (χ1v) is 9.39. The van der Waals surface area contributed by atoms with Gasteiger partial charge in [0.05, 0.1) is 13.2 Å². The van der Waals surface area contributed by atoms with Gasteiger partial charge in [0.15, 0.2) is 18.1 Å². The third-order valence-electron chi connectivity index (χ3n) is 4.53. The lowest BCUT2D eigenvalue weighted by molar-refractivity contribution is -0.158. The predicted molar refractivity (Wildman–Crippen MR) is 102 cm³/mol. The molecule has 0 radical (unpaired) electrons. The Kier molecular flexibility index (Phi) is 8.10. The van der Waals surface area contributed by atoms with Gasteiger partial charge in [-0.3, -0.25) is 9.59 Å². The van der Waals surface area contributed by atoms with E-state index in [0.29, 0.717) is 17.9 Å². The number of carbonyl (C=O) groups excluding carboxylic acids is 3. The van der Waals surface area contributed by atoms with Gasteiger partial charge in [-0.1, -0.05) is 6.07 Å². The number of nitrogens with one attached hydrogen (secondary N) is 1. The van der Waals surface area contributed by atoms with E-state index in [4.69, 9.17) is 9.47 Å². The maximum absolute atomic E-state index is 11.8. The largest absolute Gasteiger partial charge is 0.493 e. The lowest BCUT2D eigenvalue weighted by Crippen LogP contribution is -2.36. The summed E-state index contributed by atoms with van der Waals surface area (Å²) in [5.74, 6) is -0.972. The number of ether oxygens (including phenoxy) is 3. The maximum Gasteiger partial charge on any atom is 0.397 e. The van der Waals surface area contributed by atoms with Gasteiger partial charge in [-0.15, -0.1) is 0 Å². The molecular formula is C20H28N2O6. The second kappa shape index (κ2) is 10.5. The Balaban J connectivity index is 1.82. The average Bonchev–Trinajstić information content (AvgIpc) is 3.18. The summed E-state index contributed by atoms with van der Waals surface area (Å²) in [4.78, 5) is 36.0. The van der Waals surface area contributed by atoms with Crippen molar-refractivity contribution in [1.29, 1.82) is 0 Å². The molecule has 1 aliphatic carbocycles. The van der Waals surface area contributed by atoms with E-state index in [1.54, 1.807) is 7.11 Å². The number of likely N-dealkylation sites (N-methyl/N-ethyl adjacent to an activating group) is 1. The van der Waals surface area contributed by atoms with Crippen molar-refractivity contribution in [2.45, 2.75) is 38.2 Å². The van der Waals surface area contributed by atoms with Crippen molar-refractivity contribution in [2.75, 3.05) is 34.4 Å². The van der Waals surface area contributed by atoms with Crippen LogP contribution in [0, 0.1) is 0 Å². The van der Waals surface area contributed by atoms with Gasteiger partial charge in [-0.05, 0) is 49.8 Å². The Morgan fingerprint density at radius 3 is 2.50 bits per heavy atom. The van der Waals surface area contributed by atoms with Crippen LogP contribution in [-0.4, -0.2) is 63.1 Å². The van der Waals surface area contributed by atoms with Gasteiger partial charge in [0.1, 0.15) is 0 Å². The Hall–Kier alpha value is -2.77. The minimum Gasteiger partial charge on any atom is -0.493 e. The molecule has 1 fully saturated rings. The Bertz CT molecular complexity index is 698. The van der Waals surface area contributed by atoms with Crippen LogP contribution in [0.3, 0.4) is 0 Å². The van der Waals surface area contributed by atoms with Gasteiger partial charge in [0.25, 0.3) is 5.91 Å². The molecule has 1 aromatic rings. The topological polar surface area (TPSA) is 94.2 Å². The third kappa shape index (κ3) is 6.44. The van der Waals surface area contributed by atoms with Crippen molar-refractivity contribution < 1.29 is 28.6 Å². The summed E-state index contributed by atoms with van der Waals surface area (Å²) >= 11 is 0. The Morgan fingerprint density at radius 2 is 1.86 bits per heavy atom.